The molecule has 14 nitrogen and oxygen atoms in total. The van der Waals surface area contributed by atoms with Crippen LogP contribution in [0.4, 0.5) is 5.69 Å². The molecule has 0 spiro atoms. The van der Waals surface area contributed by atoms with Crippen LogP contribution in [0, 0.1) is 5.41 Å². The first kappa shape index (κ1) is 43.8. The van der Waals surface area contributed by atoms with Crippen molar-refractivity contribution in [2.75, 3.05) is 44.4 Å². The predicted octanol–water partition coefficient (Wildman–Crippen LogP) is 4.91. The summed E-state index contributed by atoms with van der Waals surface area (Å²) < 4.78 is 67.5. The van der Waals surface area contributed by atoms with Gasteiger partial charge in [0.1, 0.15) is 0 Å². The molecule has 2 aliphatic rings. The van der Waals surface area contributed by atoms with Crippen molar-refractivity contribution in [3.05, 3.63) is 131 Å². The molecule has 0 radical (unpaired) electrons. The van der Waals surface area contributed by atoms with Gasteiger partial charge in [0.25, 0.3) is 32.1 Å². The zero-order chi connectivity index (χ0) is 41.6. The molecular weight excluding hydrogens is 759 g/mol. The van der Waals surface area contributed by atoms with Crippen LogP contribution >= 0.6 is 0 Å². The largest absolute Gasteiger partial charge is 0.351 e. The van der Waals surface area contributed by atoms with Crippen LogP contribution in [0.5, 0.6) is 0 Å². The number of benzene rings is 2. The summed E-state index contributed by atoms with van der Waals surface area (Å²) in [6.45, 7) is 12.4. The van der Waals surface area contributed by atoms with E-state index in [0.717, 1.165) is 10.6 Å². The second-order valence-corrected chi connectivity index (χ2v) is 16.8. The SMILES string of the molecule is C=C1N=C(/C=C/C=C/C=C2/N(CCCS(=O)(=O)O)c3ccc(S(=O)(=O)O)cc3C2(C)c2ccc(C(=O)NCCN)cc2)C(C)(C)/C1=C/C(=C\C)C(=O)N(C)OC. The van der Waals surface area contributed by atoms with Gasteiger partial charge in [0.2, 0.25) is 0 Å². The van der Waals surface area contributed by atoms with E-state index in [2.05, 4.69) is 16.9 Å². The van der Waals surface area contributed by atoms with E-state index >= 15 is 0 Å². The number of anilines is 1. The fraction of sp³-hybridized carbons (Fsp3) is 0.325. The smallest absolute Gasteiger partial charge is 0.294 e. The summed E-state index contributed by atoms with van der Waals surface area (Å²) in [5.41, 5.74) is 8.99. The van der Waals surface area contributed by atoms with Gasteiger partial charge in [-0.15, -0.1) is 0 Å². The number of amides is 2. The number of hydroxylamine groups is 2. The second kappa shape index (κ2) is 17.4. The number of hydrogen-bond acceptors (Lipinski definition) is 10. The topological polar surface area (TPSA) is 209 Å². The Bertz CT molecular complexity index is 2290. The third-order valence-electron chi connectivity index (χ3n) is 9.86. The van der Waals surface area contributed by atoms with Gasteiger partial charge in [0, 0.05) is 54.6 Å². The van der Waals surface area contributed by atoms with Crippen molar-refractivity contribution in [3.63, 3.8) is 0 Å². The normalized spacial score (nSPS) is 20.0. The molecule has 1 atom stereocenters. The molecule has 1 unspecified atom stereocenters. The zero-order valence-corrected chi connectivity index (χ0v) is 33.9. The number of aliphatic imine (C=N–C) groups is 1. The number of carbonyl (C=O) groups excluding carboxylic acids is 2. The van der Waals surface area contributed by atoms with Crippen LogP contribution in [0.1, 0.15) is 55.6 Å². The molecule has 4 rings (SSSR count). The molecule has 2 heterocycles. The zero-order valence-electron chi connectivity index (χ0n) is 32.3. The minimum Gasteiger partial charge on any atom is -0.351 e. The molecule has 300 valence electrons. The number of hydrogen-bond donors (Lipinski definition) is 4. The Kier molecular flexibility index (Phi) is 13.6. The number of nitrogens with one attached hydrogen (secondary N) is 1. The highest BCUT2D eigenvalue weighted by Crippen LogP contribution is 2.52. The minimum absolute atomic E-state index is 0.0343. The first-order chi connectivity index (χ1) is 26.2. The van der Waals surface area contributed by atoms with Gasteiger partial charge in [0.15, 0.2) is 0 Å². The number of fused-ring (bicyclic) bond motifs is 1. The molecule has 56 heavy (non-hydrogen) atoms. The fourth-order valence-electron chi connectivity index (χ4n) is 6.70. The molecule has 16 heteroatoms. The lowest BCUT2D eigenvalue weighted by Crippen LogP contribution is -2.31. The van der Waals surface area contributed by atoms with Crippen LogP contribution in [0.15, 0.2) is 124 Å². The molecule has 0 fully saturated rings. The predicted molar refractivity (Wildman–Crippen MR) is 217 cm³/mol. The number of nitrogens with two attached hydrogens (primary N) is 1. The van der Waals surface area contributed by atoms with Gasteiger partial charge < -0.3 is 16.0 Å². The molecule has 2 aromatic rings. The lowest BCUT2D eigenvalue weighted by Gasteiger charge is -2.31. The molecule has 2 aliphatic heterocycles. The molecule has 0 saturated carbocycles. The van der Waals surface area contributed by atoms with Crippen molar-refractivity contribution in [2.24, 2.45) is 16.1 Å². The maximum Gasteiger partial charge on any atom is 0.294 e. The number of nitrogens with zero attached hydrogens (tertiary/aromatic N) is 3. The van der Waals surface area contributed by atoms with E-state index in [1.54, 1.807) is 67.6 Å². The highest BCUT2D eigenvalue weighted by atomic mass is 32.2. The number of rotatable bonds is 15. The lowest BCUT2D eigenvalue weighted by molar-refractivity contribution is -0.163. The minimum atomic E-state index is -4.61. The van der Waals surface area contributed by atoms with Crippen LogP contribution in [0.3, 0.4) is 0 Å². The first-order valence-electron chi connectivity index (χ1n) is 17.7. The van der Waals surface area contributed by atoms with Crippen LogP contribution in [0.2, 0.25) is 0 Å². The van der Waals surface area contributed by atoms with Gasteiger partial charge in [-0.2, -0.15) is 16.8 Å². The average molecular weight is 808 g/mol. The maximum atomic E-state index is 12.8. The van der Waals surface area contributed by atoms with E-state index in [1.807, 2.05) is 37.8 Å². The molecule has 0 aromatic heterocycles. The van der Waals surface area contributed by atoms with Gasteiger partial charge in [-0.3, -0.25) is 28.5 Å². The summed E-state index contributed by atoms with van der Waals surface area (Å²) in [6, 6.07) is 11.0. The van der Waals surface area contributed by atoms with Crippen LogP contribution < -0.4 is 16.0 Å². The Hall–Kier alpha value is -4.97. The average Bonchev–Trinajstić information content (AvgIpc) is 3.51. The van der Waals surface area contributed by atoms with Crippen molar-refractivity contribution >= 4 is 43.4 Å². The third-order valence-corrected chi connectivity index (χ3v) is 11.5. The first-order valence-corrected chi connectivity index (χ1v) is 20.7. The van der Waals surface area contributed by atoms with Crippen molar-refractivity contribution < 1.29 is 40.4 Å². The molecule has 0 saturated heterocycles. The molecule has 5 N–H and O–H groups in total. The van der Waals surface area contributed by atoms with E-state index in [1.165, 1.54) is 26.3 Å². The Balaban J connectivity index is 1.78. The molecule has 0 bridgehead atoms. The van der Waals surface area contributed by atoms with E-state index in [-0.39, 0.29) is 36.2 Å². The van der Waals surface area contributed by atoms with Crippen molar-refractivity contribution in [1.29, 1.82) is 0 Å². The fourth-order valence-corrected chi connectivity index (χ4v) is 7.70. The standard InChI is InChI=1S/C40H49N5O9S2/c1-8-28(38(47)44(6)54-7)25-32-27(2)43-35(39(32,3)4)13-10-9-11-14-36-40(5,30-17-15-29(16-18-30)37(46)42-22-21-41)33-26-31(56(51,52)53)19-20-34(33)45(36)23-12-24-55(48,49)50/h8-11,13-20,25-26H,2,12,21-24,41H2,1,3-7H3,(H,42,46)(H,48,49,50)(H,51,52,53)/b11-9+,13-10+,28-8+,32-25+,36-14+. The monoisotopic (exact) mass is 807 g/mol. The highest BCUT2D eigenvalue weighted by Gasteiger charge is 2.45. The van der Waals surface area contributed by atoms with Crippen LogP contribution in [-0.2, 0) is 35.3 Å². The maximum absolute atomic E-state index is 12.8. The van der Waals surface area contributed by atoms with Crippen molar-refractivity contribution in [1.82, 2.24) is 10.4 Å². The van der Waals surface area contributed by atoms with Crippen LogP contribution in [-0.4, -0.2) is 88.1 Å². The highest BCUT2D eigenvalue weighted by molar-refractivity contribution is 7.86. The van der Waals surface area contributed by atoms with Gasteiger partial charge in [-0.25, -0.2) is 5.06 Å². The van der Waals surface area contributed by atoms with Crippen LogP contribution in [0.25, 0.3) is 0 Å². The second-order valence-electron chi connectivity index (χ2n) is 13.8. The summed E-state index contributed by atoms with van der Waals surface area (Å²) in [6.07, 6.45) is 12.5. The molecule has 2 amide bonds. The Morgan fingerprint density at radius 2 is 1.73 bits per heavy atom. The lowest BCUT2D eigenvalue weighted by atomic mass is 9.75. The number of likely N-dealkylation sites (N-methyl/N-ethyl adjacent to an activating group) is 1. The molecule has 0 aliphatic carbocycles. The van der Waals surface area contributed by atoms with Gasteiger partial charge in [-0.1, -0.05) is 56.9 Å². The summed E-state index contributed by atoms with van der Waals surface area (Å²) in [5, 5.41) is 3.86. The van der Waals surface area contributed by atoms with E-state index < -0.39 is 36.8 Å². The van der Waals surface area contributed by atoms with E-state index in [4.69, 9.17) is 10.6 Å². The van der Waals surface area contributed by atoms with Crippen molar-refractivity contribution in [3.8, 4) is 0 Å². The Morgan fingerprint density at radius 3 is 2.32 bits per heavy atom. The number of allylic oxidation sites excluding steroid dienone is 8. The summed E-state index contributed by atoms with van der Waals surface area (Å²) in [5.74, 6) is -1.15. The molecular formula is C40H49N5O9S2. The van der Waals surface area contributed by atoms with Gasteiger partial charge in [-0.05, 0) is 85.5 Å². The van der Waals surface area contributed by atoms with Gasteiger partial charge in [0.05, 0.1) is 34.6 Å². The summed E-state index contributed by atoms with van der Waals surface area (Å²) >= 11 is 0. The number of carbonyl (C=O) groups is 2. The third kappa shape index (κ3) is 9.51. The quantitative estimate of drug-likeness (QED) is 0.0823. The summed E-state index contributed by atoms with van der Waals surface area (Å²) in [4.78, 5) is 36.7. The summed E-state index contributed by atoms with van der Waals surface area (Å²) in [7, 11) is -5.96. The molecule has 2 aromatic carbocycles. The van der Waals surface area contributed by atoms with E-state index in [9.17, 15) is 35.5 Å². The van der Waals surface area contributed by atoms with Gasteiger partial charge >= 0.3 is 0 Å². The Labute approximate surface area is 329 Å². The van der Waals surface area contributed by atoms with E-state index in [0.29, 0.717) is 51.6 Å². The Morgan fingerprint density at radius 1 is 1.05 bits per heavy atom. The van der Waals surface area contributed by atoms with Crippen molar-refractivity contribution in [2.45, 2.75) is 44.4 Å².